The van der Waals surface area contributed by atoms with E-state index in [1.165, 1.54) is 0 Å². The Balaban J connectivity index is 2.23. The summed E-state index contributed by atoms with van der Waals surface area (Å²) in [5.74, 6) is -0.913. The molecule has 1 fully saturated rings. The second-order valence-corrected chi connectivity index (χ2v) is 7.67. The van der Waals surface area contributed by atoms with Gasteiger partial charge >= 0.3 is 5.97 Å². The van der Waals surface area contributed by atoms with Gasteiger partial charge in [0.15, 0.2) is 5.69 Å². The molecule has 3 N–H and O–H groups in total. The van der Waals surface area contributed by atoms with Crippen LogP contribution in [0.15, 0.2) is 24.3 Å². The predicted molar refractivity (Wildman–Crippen MR) is 110 cm³/mol. The summed E-state index contributed by atoms with van der Waals surface area (Å²) in [7, 11) is 0. The van der Waals surface area contributed by atoms with Crippen LogP contribution in [0.4, 0.5) is 5.69 Å². The van der Waals surface area contributed by atoms with Crippen molar-refractivity contribution in [2.75, 3.05) is 6.61 Å². The van der Waals surface area contributed by atoms with Crippen molar-refractivity contribution < 1.29 is 24.9 Å². The lowest BCUT2D eigenvalue weighted by Crippen LogP contribution is -2.26. The number of unbranched alkanes of at least 4 members (excludes halogenated alkanes) is 1. The zero-order chi connectivity index (χ0) is 21.4. The first-order chi connectivity index (χ1) is 13.9. The smallest absolute Gasteiger partial charge is 0.303 e. The molecular formula is C23H29NO5. The molecule has 0 heterocycles. The van der Waals surface area contributed by atoms with Crippen LogP contribution in [0.5, 0.6) is 0 Å². The van der Waals surface area contributed by atoms with Crippen molar-refractivity contribution in [3.63, 3.8) is 0 Å². The third-order valence-electron chi connectivity index (χ3n) is 5.59. The summed E-state index contributed by atoms with van der Waals surface area (Å²) in [6, 6.07) is 3.41. The number of carboxylic acid groups (broad SMARTS) is 1. The fourth-order valence-corrected chi connectivity index (χ4v) is 4.10. The van der Waals surface area contributed by atoms with E-state index in [-0.39, 0.29) is 24.0 Å². The van der Waals surface area contributed by atoms with E-state index in [9.17, 15) is 19.8 Å². The third kappa shape index (κ3) is 5.99. The van der Waals surface area contributed by atoms with Crippen molar-refractivity contribution in [1.29, 1.82) is 0 Å². The summed E-state index contributed by atoms with van der Waals surface area (Å²) in [5.41, 5.74) is 2.34. The average molecular weight is 399 g/mol. The molecule has 0 bridgehead atoms. The highest BCUT2D eigenvalue weighted by atomic mass is 16.4. The van der Waals surface area contributed by atoms with Gasteiger partial charge in [-0.2, -0.15) is 0 Å². The first-order valence-electron chi connectivity index (χ1n) is 10.1. The van der Waals surface area contributed by atoms with Gasteiger partial charge in [0.05, 0.1) is 13.2 Å². The molecule has 156 valence electrons. The molecule has 6 heteroatoms. The molecule has 29 heavy (non-hydrogen) atoms. The van der Waals surface area contributed by atoms with Crippen molar-refractivity contribution in [1.82, 2.24) is 0 Å². The molecule has 0 amide bonds. The lowest BCUT2D eigenvalue weighted by molar-refractivity contribution is -0.137. The van der Waals surface area contributed by atoms with E-state index in [2.05, 4.69) is 4.85 Å². The van der Waals surface area contributed by atoms with Crippen LogP contribution in [-0.4, -0.2) is 33.7 Å². The van der Waals surface area contributed by atoms with E-state index in [1.807, 2.05) is 25.1 Å². The molecule has 2 rings (SSSR count). The Morgan fingerprint density at radius 2 is 2.14 bits per heavy atom. The number of aliphatic hydroxyl groups excluding tert-OH is 2. The van der Waals surface area contributed by atoms with Crippen LogP contribution in [0, 0.1) is 19.4 Å². The summed E-state index contributed by atoms with van der Waals surface area (Å²) in [6.07, 6.45) is 7.32. The number of allylic oxidation sites excluding steroid dienone is 2. The van der Waals surface area contributed by atoms with Gasteiger partial charge in [-0.3, -0.25) is 9.59 Å². The van der Waals surface area contributed by atoms with Crippen LogP contribution >= 0.6 is 0 Å². The normalized spacial score (nSPS) is 20.6. The molecular weight excluding hydrogens is 370 g/mol. The Kier molecular flexibility index (Phi) is 8.56. The molecule has 0 radical (unpaired) electrons. The fraction of sp³-hybridized carbons (Fsp3) is 0.522. The molecule has 3 unspecified atom stereocenters. The van der Waals surface area contributed by atoms with Gasteiger partial charge in [0, 0.05) is 18.8 Å². The van der Waals surface area contributed by atoms with E-state index in [1.54, 1.807) is 6.07 Å². The average Bonchev–Trinajstić information content (AvgIpc) is 2.69. The molecule has 3 atom stereocenters. The summed E-state index contributed by atoms with van der Waals surface area (Å²) < 4.78 is 0. The lowest BCUT2D eigenvalue weighted by Gasteiger charge is -2.31. The van der Waals surface area contributed by atoms with Gasteiger partial charge in [-0.15, -0.1) is 0 Å². The molecule has 6 nitrogen and oxygen atoms in total. The van der Waals surface area contributed by atoms with E-state index in [4.69, 9.17) is 11.7 Å². The standard InChI is InChI=1S/C23H29NO5/c1-15-12-18(19(24-2)13-17(15)21(27)14-25)23-16(9-7-10-20(23)26)8-5-3-4-6-11-22(28)29/h3,5,12-13,16,21,23,25,27H,4,6-11,14H2,1H3,(H,28,29). The lowest BCUT2D eigenvalue weighted by atomic mass is 9.72. The Morgan fingerprint density at radius 3 is 2.79 bits per heavy atom. The minimum atomic E-state index is -1.05. The van der Waals surface area contributed by atoms with Gasteiger partial charge in [-0.25, -0.2) is 4.85 Å². The summed E-state index contributed by atoms with van der Waals surface area (Å²) in [5, 5.41) is 27.9. The van der Waals surface area contributed by atoms with Crippen LogP contribution in [0.2, 0.25) is 0 Å². The van der Waals surface area contributed by atoms with Crippen molar-refractivity contribution in [3.05, 3.63) is 52.4 Å². The van der Waals surface area contributed by atoms with Crippen LogP contribution in [-0.2, 0) is 9.59 Å². The SMILES string of the molecule is [C-]#[N+]c1cc(C(O)CO)c(C)cc1C1C(=O)CCCC1CC=CCCCC(=O)O. The molecule has 1 aliphatic rings. The quantitative estimate of drug-likeness (QED) is 0.328. The first kappa shape index (κ1) is 22.8. The van der Waals surface area contributed by atoms with Gasteiger partial charge in [0.25, 0.3) is 0 Å². The van der Waals surface area contributed by atoms with Gasteiger partial charge in [0.2, 0.25) is 0 Å². The van der Waals surface area contributed by atoms with Crippen molar-refractivity contribution >= 4 is 17.4 Å². The number of carbonyl (C=O) groups is 2. The molecule has 0 aromatic heterocycles. The Hall–Kier alpha value is -2.49. The molecule has 0 saturated heterocycles. The molecule has 1 aromatic rings. The number of aryl methyl sites for hydroxylation is 1. The van der Waals surface area contributed by atoms with Gasteiger partial charge in [0.1, 0.15) is 11.9 Å². The van der Waals surface area contributed by atoms with Crippen LogP contribution in [0.1, 0.15) is 73.7 Å². The van der Waals surface area contributed by atoms with Crippen molar-refractivity contribution in [2.24, 2.45) is 5.92 Å². The number of rotatable bonds is 9. The van der Waals surface area contributed by atoms with Crippen molar-refractivity contribution in [2.45, 2.75) is 63.9 Å². The van der Waals surface area contributed by atoms with E-state index in [0.717, 1.165) is 18.4 Å². The number of aliphatic hydroxyl groups is 2. The number of benzene rings is 1. The monoisotopic (exact) mass is 399 g/mol. The zero-order valence-electron chi connectivity index (χ0n) is 16.8. The molecule has 1 aliphatic carbocycles. The molecule has 1 aromatic carbocycles. The topological polar surface area (TPSA) is 99.2 Å². The first-order valence-corrected chi connectivity index (χ1v) is 10.1. The number of carboxylic acids is 1. The number of aliphatic carboxylic acids is 1. The van der Waals surface area contributed by atoms with E-state index >= 15 is 0 Å². The van der Waals surface area contributed by atoms with Gasteiger partial charge < -0.3 is 15.3 Å². The minimum Gasteiger partial charge on any atom is -0.481 e. The van der Waals surface area contributed by atoms with Crippen molar-refractivity contribution in [3.8, 4) is 0 Å². The summed E-state index contributed by atoms with van der Waals surface area (Å²) >= 11 is 0. The van der Waals surface area contributed by atoms with E-state index in [0.29, 0.717) is 42.5 Å². The maximum Gasteiger partial charge on any atom is 0.303 e. The molecule has 1 saturated carbocycles. The highest BCUT2D eigenvalue weighted by molar-refractivity contribution is 5.88. The van der Waals surface area contributed by atoms with Gasteiger partial charge in [-0.05, 0) is 61.6 Å². The largest absolute Gasteiger partial charge is 0.481 e. The summed E-state index contributed by atoms with van der Waals surface area (Å²) in [6.45, 7) is 8.95. The van der Waals surface area contributed by atoms with Crippen LogP contribution < -0.4 is 0 Å². The number of ketones is 1. The predicted octanol–water partition coefficient (Wildman–Crippen LogP) is 4.23. The number of carbonyl (C=O) groups excluding carboxylic acids is 1. The van der Waals surface area contributed by atoms with Crippen LogP contribution in [0.25, 0.3) is 4.85 Å². The second-order valence-electron chi connectivity index (χ2n) is 7.67. The Bertz CT molecular complexity index is 808. The zero-order valence-corrected chi connectivity index (χ0v) is 16.8. The second kappa shape index (κ2) is 10.9. The van der Waals surface area contributed by atoms with Gasteiger partial charge in [-0.1, -0.05) is 24.3 Å². The van der Waals surface area contributed by atoms with E-state index < -0.39 is 18.7 Å². The highest BCUT2D eigenvalue weighted by Gasteiger charge is 2.34. The minimum absolute atomic E-state index is 0.0977. The third-order valence-corrected chi connectivity index (χ3v) is 5.59. The fourth-order valence-electron chi connectivity index (χ4n) is 4.10. The number of hydrogen-bond acceptors (Lipinski definition) is 4. The van der Waals surface area contributed by atoms with Crippen LogP contribution in [0.3, 0.4) is 0 Å². The number of hydrogen-bond donors (Lipinski definition) is 3. The number of nitrogens with zero attached hydrogens (tertiary/aromatic N) is 1. The number of Topliss-reactive ketones (excluding diaryl/α,β-unsaturated/α-hetero) is 1. The highest BCUT2D eigenvalue weighted by Crippen LogP contribution is 2.43. The maximum atomic E-state index is 12.8. The molecule has 0 aliphatic heterocycles. The Labute approximate surface area is 171 Å². The maximum absolute atomic E-state index is 12.8. The molecule has 0 spiro atoms. The summed E-state index contributed by atoms with van der Waals surface area (Å²) in [4.78, 5) is 27.0. The Morgan fingerprint density at radius 1 is 1.38 bits per heavy atom.